The van der Waals surface area contributed by atoms with Crippen molar-refractivity contribution in [1.29, 1.82) is 0 Å². The lowest BCUT2D eigenvalue weighted by molar-refractivity contribution is -0.120. The summed E-state index contributed by atoms with van der Waals surface area (Å²) in [4.78, 5) is 11.4. The molecule has 0 radical (unpaired) electrons. The Balaban J connectivity index is 0.000000280. The van der Waals surface area contributed by atoms with E-state index in [9.17, 15) is 4.79 Å². The largest absolute Gasteiger partial charge is 0.299 e. The zero-order valence-corrected chi connectivity index (χ0v) is 10.6. The average Bonchev–Trinajstić information content (AvgIpc) is 2.35. The van der Waals surface area contributed by atoms with Crippen molar-refractivity contribution in [3.63, 3.8) is 0 Å². The van der Waals surface area contributed by atoms with Gasteiger partial charge >= 0.3 is 0 Å². The van der Waals surface area contributed by atoms with Crippen LogP contribution in [0, 0.1) is 0 Å². The number of carbonyl (C=O) groups excluding carboxylic acids is 1. The Labute approximate surface area is 98.9 Å². The molecular formula is C15H22O. The van der Waals surface area contributed by atoms with E-state index >= 15 is 0 Å². The van der Waals surface area contributed by atoms with Crippen LogP contribution in [-0.2, 0) is 11.2 Å². The first-order valence-electron chi connectivity index (χ1n) is 6.31. The second-order valence-electron chi connectivity index (χ2n) is 4.39. The lowest BCUT2D eigenvalue weighted by Gasteiger charge is -2.20. The van der Waals surface area contributed by atoms with Crippen molar-refractivity contribution in [1.82, 2.24) is 0 Å². The number of benzene rings is 1. The lowest BCUT2D eigenvalue weighted by Crippen LogP contribution is -2.17. The van der Waals surface area contributed by atoms with Crippen molar-refractivity contribution in [2.24, 2.45) is 0 Å². The quantitative estimate of drug-likeness (QED) is 0.693. The minimum absolute atomic E-state index is 0.120. The van der Waals surface area contributed by atoms with E-state index in [2.05, 4.69) is 26.0 Å². The van der Waals surface area contributed by atoms with Gasteiger partial charge in [-0.15, -0.1) is 0 Å². The van der Waals surface area contributed by atoms with Crippen LogP contribution in [0.4, 0.5) is 0 Å². The van der Waals surface area contributed by atoms with Crippen molar-refractivity contribution < 1.29 is 4.79 Å². The summed E-state index contributed by atoms with van der Waals surface area (Å²) in [7, 11) is 0. The van der Waals surface area contributed by atoms with Crippen LogP contribution >= 0.6 is 0 Å². The Morgan fingerprint density at radius 3 is 2.38 bits per heavy atom. The average molecular weight is 218 g/mol. The summed E-state index contributed by atoms with van der Waals surface area (Å²) in [6.45, 7) is 6.36. The topological polar surface area (TPSA) is 17.1 Å². The zero-order chi connectivity index (χ0) is 12.0. The SMILES string of the molecule is CC1C(=O)CCc2ccccc21.CCCC. The number of hydrogen-bond acceptors (Lipinski definition) is 1. The van der Waals surface area contributed by atoms with Gasteiger partial charge in [-0.3, -0.25) is 4.79 Å². The molecule has 1 unspecified atom stereocenters. The molecule has 1 aliphatic carbocycles. The molecule has 0 N–H and O–H groups in total. The zero-order valence-electron chi connectivity index (χ0n) is 10.6. The number of hydrogen-bond donors (Lipinski definition) is 0. The van der Waals surface area contributed by atoms with E-state index in [1.165, 1.54) is 24.0 Å². The molecule has 1 atom stereocenters. The normalized spacial score (nSPS) is 18.4. The monoisotopic (exact) mass is 218 g/mol. The van der Waals surface area contributed by atoms with Crippen molar-refractivity contribution in [2.75, 3.05) is 0 Å². The van der Waals surface area contributed by atoms with Gasteiger partial charge in [0.15, 0.2) is 0 Å². The van der Waals surface area contributed by atoms with E-state index in [0.717, 1.165) is 12.8 Å². The number of fused-ring (bicyclic) bond motifs is 1. The van der Waals surface area contributed by atoms with Gasteiger partial charge in [0, 0.05) is 12.3 Å². The smallest absolute Gasteiger partial charge is 0.140 e. The first-order valence-corrected chi connectivity index (χ1v) is 6.31. The number of Topliss-reactive ketones (excluding diaryl/α,β-unsaturated/α-hetero) is 1. The van der Waals surface area contributed by atoms with Crippen molar-refractivity contribution in [3.8, 4) is 0 Å². The lowest BCUT2D eigenvalue weighted by atomic mass is 9.83. The van der Waals surface area contributed by atoms with Gasteiger partial charge in [-0.25, -0.2) is 0 Å². The maximum absolute atomic E-state index is 11.4. The second kappa shape index (κ2) is 6.47. The fraction of sp³-hybridized carbons (Fsp3) is 0.533. The van der Waals surface area contributed by atoms with Gasteiger partial charge in [-0.1, -0.05) is 57.9 Å². The number of unbranched alkanes of at least 4 members (excludes halogenated alkanes) is 1. The molecule has 0 saturated carbocycles. The van der Waals surface area contributed by atoms with E-state index in [1.807, 2.05) is 19.1 Å². The summed E-state index contributed by atoms with van der Waals surface area (Å²) < 4.78 is 0. The van der Waals surface area contributed by atoms with Gasteiger partial charge in [0.2, 0.25) is 0 Å². The molecule has 0 saturated heterocycles. The molecule has 1 heteroatoms. The fourth-order valence-corrected chi connectivity index (χ4v) is 1.83. The molecule has 16 heavy (non-hydrogen) atoms. The number of carbonyl (C=O) groups is 1. The molecule has 0 fully saturated rings. The Morgan fingerprint density at radius 1 is 1.12 bits per heavy atom. The van der Waals surface area contributed by atoms with Gasteiger partial charge in [-0.2, -0.15) is 0 Å². The third-order valence-electron chi connectivity index (χ3n) is 3.15. The molecule has 1 aliphatic rings. The van der Waals surface area contributed by atoms with Gasteiger partial charge < -0.3 is 0 Å². The van der Waals surface area contributed by atoms with Gasteiger partial charge in [0.1, 0.15) is 5.78 Å². The van der Waals surface area contributed by atoms with E-state index in [1.54, 1.807) is 0 Å². The van der Waals surface area contributed by atoms with E-state index in [4.69, 9.17) is 0 Å². The van der Waals surface area contributed by atoms with Gasteiger partial charge in [0.05, 0.1) is 0 Å². The van der Waals surface area contributed by atoms with Crippen molar-refractivity contribution in [2.45, 2.75) is 52.4 Å². The van der Waals surface area contributed by atoms with Crippen molar-refractivity contribution in [3.05, 3.63) is 35.4 Å². The van der Waals surface area contributed by atoms with E-state index < -0.39 is 0 Å². The molecule has 0 spiro atoms. The molecule has 0 amide bonds. The number of aryl methyl sites for hydroxylation is 1. The summed E-state index contributed by atoms with van der Waals surface area (Å²) in [5, 5.41) is 0. The Kier molecular flexibility index (Phi) is 5.24. The van der Waals surface area contributed by atoms with Crippen LogP contribution < -0.4 is 0 Å². The van der Waals surface area contributed by atoms with Gasteiger partial charge in [-0.05, 0) is 17.5 Å². The highest BCUT2D eigenvalue weighted by Crippen LogP contribution is 2.27. The maximum Gasteiger partial charge on any atom is 0.140 e. The molecule has 1 aromatic carbocycles. The summed E-state index contributed by atoms with van der Waals surface area (Å²) in [6.07, 6.45) is 4.29. The molecular weight excluding hydrogens is 196 g/mol. The van der Waals surface area contributed by atoms with Crippen LogP contribution in [0.25, 0.3) is 0 Å². The van der Waals surface area contributed by atoms with E-state index in [0.29, 0.717) is 5.78 Å². The Hall–Kier alpha value is -1.11. The van der Waals surface area contributed by atoms with Crippen molar-refractivity contribution >= 4 is 5.78 Å². The van der Waals surface area contributed by atoms with Crippen LogP contribution in [0.15, 0.2) is 24.3 Å². The van der Waals surface area contributed by atoms with Crippen LogP contribution in [-0.4, -0.2) is 5.78 Å². The number of ketones is 1. The van der Waals surface area contributed by atoms with E-state index in [-0.39, 0.29) is 5.92 Å². The minimum Gasteiger partial charge on any atom is -0.299 e. The molecule has 1 nitrogen and oxygen atoms in total. The standard InChI is InChI=1S/C11H12O.C4H10/c1-8-10-5-3-2-4-9(10)6-7-11(8)12;1-3-4-2/h2-5,8H,6-7H2,1H3;3-4H2,1-2H3. The molecule has 0 bridgehead atoms. The third kappa shape index (κ3) is 3.19. The first-order chi connectivity index (χ1) is 7.70. The molecule has 0 aliphatic heterocycles. The minimum atomic E-state index is 0.120. The molecule has 1 aromatic rings. The Bertz CT molecular complexity index is 339. The molecule has 2 rings (SSSR count). The summed E-state index contributed by atoms with van der Waals surface area (Å²) in [5.41, 5.74) is 2.58. The third-order valence-corrected chi connectivity index (χ3v) is 3.15. The second-order valence-corrected chi connectivity index (χ2v) is 4.39. The predicted octanol–water partition coefficient (Wildman–Crippen LogP) is 4.11. The number of rotatable bonds is 1. The fourth-order valence-electron chi connectivity index (χ4n) is 1.83. The van der Waals surface area contributed by atoms with Crippen LogP contribution in [0.2, 0.25) is 0 Å². The highest BCUT2D eigenvalue weighted by molar-refractivity contribution is 5.87. The molecule has 0 aromatic heterocycles. The predicted molar refractivity (Wildman–Crippen MR) is 68.8 cm³/mol. The highest BCUT2D eigenvalue weighted by atomic mass is 16.1. The molecule has 88 valence electrons. The summed E-state index contributed by atoms with van der Waals surface area (Å²) in [6, 6.07) is 8.24. The van der Waals surface area contributed by atoms with Crippen LogP contribution in [0.1, 0.15) is 57.1 Å². The van der Waals surface area contributed by atoms with Crippen LogP contribution in [0.5, 0.6) is 0 Å². The first kappa shape index (κ1) is 13.0. The van der Waals surface area contributed by atoms with Gasteiger partial charge in [0.25, 0.3) is 0 Å². The summed E-state index contributed by atoms with van der Waals surface area (Å²) >= 11 is 0. The maximum atomic E-state index is 11.4. The summed E-state index contributed by atoms with van der Waals surface area (Å²) in [5.74, 6) is 0.503. The molecule has 0 heterocycles. The Morgan fingerprint density at radius 2 is 1.75 bits per heavy atom. The van der Waals surface area contributed by atoms with Crippen LogP contribution in [0.3, 0.4) is 0 Å². The highest BCUT2D eigenvalue weighted by Gasteiger charge is 2.22.